The summed E-state index contributed by atoms with van der Waals surface area (Å²) in [6.07, 6.45) is -6.54. The van der Waals surface area contributed by atoms with Crippen LogP contribution in [0.4, 0.5) is 30.7 Å². The van der Waals surface area contributed by atoms with Crippen LogP contribution in [0.15, 0.2) is 12.7 Å². The van der Waals surface area contributed by atoms with E-state index >= 15 is 0 Å². The topological polar surface area (TPSA) is 43.4 Å². The Labute approximate surface area is 88.8 Å². The van der Waals surface area contributed by atoms with Gasteiger partial charge in [-0.1, -0.05) is 6.58 Å². The van der Waals surface area contributed by atoms with Gasteiger partial charge < -0.3 is 4.74 Å². The Morgan fingerprint density at radius 3 is 1.71 bits per heavy atom. The molecule has 0 spiro atoms. The largest absolute Gasteiger partial charge is 0.460 e. The third kappa shape index (κ3) is 2.74. The number of hydrogen-bond acceptors (Lipinski definition) is 3. The Bertz CT molecular complexity index is 344. The molecule has 0 aromatic rings. The van der Waals surface area contributed by atoms with Crippen LogP contribution in [0.25, 0.3) is 0 Å². The predicted octanol–water partition coefficient (Wildman–Crippen LogP) is 2.08. The first-order valence-electron chi connectivity index (χ1n) is 3.59. The third-order valence-corrected chi connectivity index (χ3v) is 1.37. The number of esters is 2. The monoisotopic (exact) mass is 268 g/mol. The smallest absolute Gasteiger partial charge is 0.385 e. The highest BCUT2D eigenvalue weighted by Gasteiger charge is 2.77. The quantitative estimate of drug-likeness (QED) is 0.340. The third-order valence-electron chi connectivity index (χ3n) is 1.37. The molecular formula is C7H3F7O3. The number of alkyl halides is 7. The van der Waals surface area contributed by atoms with Gasteiger partial charge in [-0.05, 0) is 0 Å². The molecular weight excluding hydrogens is 265 g/mol. The molecule has 3 nitrogen and oxygen atoms in total. The van der Waals surface area contributed by atoms with Crippen LogP contribution in [-0.2, 0) is 14.3 Å². The number of rotatable bonds is 3. The zero-order valence-electron chi connectivity index (χ0n) is 7.65. The van der Waals surface area contributed by atoms with Crippen molar-refractivity contribution >= 4 is 11.9 Å². The van der Waals surface area contributed by atoms with Crippen LogP contribution in [0.1, 0.15) is 0 Å². The second-order valence-electron chi connectivity index (χ2n) is 2.56. The fourth-order valence-corrected chi connectivity index (χ4v) is 0.503. The average Bonchev–Trinajstić information content (AvgIpc) is 2.15. The van der Waals surface area contributed by atoms with Crippen LogP contribution in [0.2, 0.25) is 0 Å². The lowest BCUT2D eigenvalue weighted by Gasteiger charge is -2.25. The minimum atomic E-state index is -6.67. The molecule has 0 aliphatic heterocycles. The summed E-state index contributed by atoms with van der Waals surface area (Å²) in [6.45, 7) is 2.63. The van der Waals surface area contributed by atoms with E-state index in [4.69, 9.17) is 0 Å². The lowest BCUT2D eigenvalue weighted by atomic mass is 10.1. The van der Waals surface area contributed by atoms with E-state index in [0.717, 1.165) is 0 Å². The van der Waals surface area contributed by atoms with Crippen LogP contribution >= 0.6 is 0 Å². The van der Waals surface area contributed by atoms with Gasteiger partial charge in [0.05, 0.1) is 0 Å². The van der Waals surface area contributed by atoms with Crippen molar-refractivity contribution in [3.8, 4) is 0 Å². The molecule has 0 rings (SSSR count). The summed E-state index contributed by atoms with van der Waals surface area (Å²) in [6, 6.07) is 0. The summed E-state index contributed by atoms with van der Waals surface area (Å²) in [5.41, 5.74) is 0. The van der Waals surface area contributed by atoms with Gasteiger partial charge in [0.1, 0.15) is 0 Å². The maximum atomic E-state index is 12.5. The van der Waals surface area contributed by atoms with Gasteiger partial charge in [-0.3, -0.25) is 0 Å². The molecule has 0 atom stereocenters. The molecule has 17 heavy (non-hydrogen) atoms. The number of carbonyl (C=O) groups is 2. The molecule has 0 amide bonds. The summed E-state index contributed by atoms with van der Waals surface area (Å²) in [5.74, 6) is -18.1. The van der Waals surface area contributed by atoms with E-state index in [9.17, 15) is 40.3 Å². The molecule has 0 fully saturated rings. The summed E-state index contributed by atoms with van der Waals surface area (Å²) in [4.78, 5) is 20.5. The highest BCUT2D eigenvalue weighted by Crippen LogP contribution is 2.46. The second-order valence-corrected chi connectivity index (χ2v) is 2.56. The van der Waals surface area contributed by atoms with Crippen molar-refractivity contribution in [3.05, 3.63) is 12.7 Å². The van der Waals surface area contributed by atoms with Gasteiger partial charge in [0.25, 0.3) is 0 Å². The van der Waals surface area contributed by atoms with Gasteiger partial charge in [0, 0.05) is 6.08 Å². The fraction of sp³-hybridized carbons (Fsp3) is 0.429. The molecule has 0 aromatic heterocycles. The van der Waals surface area contributed by atoms with Gasteiger partial charge in [0.15, 0.2) is 0 Å². The van der Waals surface area contributed by atoms with E-state index in [-0.39, 0.29) is 6.08 Å². The van der Waals surface area contributed by atoms with E-state index in [2.05, 4.69) is 11.3 Å². The number of halogens is 7. The molecule has 0 saturated heterocycles. The molecule has 98 valence electrons. The van der Waals surface area contributed by atoms with Crippen molar-refractivity contribution in [1.29, 1.82) is 0 Å². The Balaban J connectivity index is 5.20. The van der Waals surface area contributed by atoms with Crippen molar-refractivity contribution in [2.45, 2.75) is 18.0 Å². The van der Waals surface area contributed by atoms with E-state index < -0.39 is 30.0 Å². The van der Waals surface area contributed by atoms with E-state index in [0.29, 0.717) is 0 Å². The summed E-state index contributed by atoms with van der Waals surface area (Å²) in [5, 5.41) is 0. The molecule has 0 aliphatic rings. The number of ether oxygens (including phenoxy) is 1. The zero-order valence-corrected chi connectivity index (χ0v) is 7.65. The van der Waals surface area contributed by atoms with Crippen molar-refractivity contribution in [2.24, 2.45) is 0 Å². The van der Waals surface area contributed by atoms with Crippen LogP contribution in [-0.4, -0.2) is 30.0 Å². The first-order chi connectivity index (χ1) is 7.38. The summed E-state index contributed by atoms with van der Waals surface area (Å²) < 4.78 is 87.0. The first-order valence-corrected chi connectivity index (χ1v) is 3.59. The Kier molecular flexibility index (Phi) is 3.93. The molecule has 0 aromatic carbocycles. The fourth-order valence-electron chi connectivity index (χ4n) is 0.503. The lowest BCUT2D eigenvalue weighted by Crippen LogP contribution is -2.56. The van der Waals surface area contributed by atoms with Crippen molar-refractivity contribution in [2.75, 3.05) is 0 Å². The lowest BCUT2D eigenvalue weighted by molar-refractivity contribution is -0.347. The average molecular weight is 268 g/mol. The normalized spacial score (nSPS) is 13.1. The molecule has 0 saturated carbocycles. The summed E-state index contributed by atoms with van der Waals surface area (Å²) >= 11 is 0. The van der Waals surface area contributed by atoms with E-state index in [1.807, 2.05) is 0 Å². The minimum absolute atomic E-state index is 0.139. The van der Waals surface area contributed by atoms with E-state index in [1.54, 1.807) is 0 Å². The van der Waals surface area contributed by atoms with Crippen molar-refractivity contribution in [1.82, 2.24) is 0 Å². The zero-order chi connectivity index (χ0) is 14.1. The predicted molar refractivity (Wildman–Crippen MR) is 37.2 cm³/mol. The molecule has 0 bridgehead atoms. The first kappa shape index (κ1) is 15.4. The SMILES string of the molecule is C=CC(=O)OC(=O)C(F)(F)C(F)(F)C(F)(F)F. The van der Waals surface area contributed by atoms with Crippen LogP contribution in [0, 0.1) is 0 Å². The summed E-state index contributed by atoms with van der Waals surface area (Å²) in [7, 11) is 0. The van der Waals surface area contributed by atoms with Crippen LogP contribution in [0.5, 0.6) is 0 Å². The molecule has 0 aliphatic carbocycles. The Morgan fingerprint density at radius 1 is 1.00 bits per heavy atom. The Morgan fingerprint density at radius 2 is 1.41 bits per heavy atom. The second kappa shape index (κ2) is 4.34. The number of carbonyl (C=O) groups excluding carboxylic acids is 2. The van der Waals surface area contributed by atoms with E-state index in [1.165, 1.54) is 0 Å². The molecule has 0 radical (unpaired) electrons. The van der Waals surface area contributed by atoms with Crippen LogP contribution < -0.4 is 0 Å². The standard InChI is InChI=1S/C7H3F7O3/c1-2-3(15)17-4(16)5(8,9)6(10,11)7(12,13)14/h2H,1H2. The van der Waals surface area contributed by atoms with Crippen LogP contribution in [0.3, 0.4) is 0 Å². The molecule has 0 N–H and O–H groups in total. The van der Waals surface area contributed by atoms with Gasteiger partial charge in [-0.15, -0.1) is 0 Å². The minimum Gasteiger partial charge on any atom is -0.385 e. The maximum absolute atomic E-state index is 12.5. The number of hydrogen-bond donors (Lipinski definition) is 0. The molecule has 0 heterocycles. The highest BCUT2D eigenvalue weighted by atomic mass is 19.4. The van der Waals surface area contributed by atoms with Gasteiger partial charge in [-0.25, -0.2) is 9.59 Å². The molecule has 0 unspecified atom stereocenters. The van der Waals surface area contributed by atoms with Gasteiger partial charge >= 0.3 is 30.0 Å². The maximum Gasteiger partial charge on any atom is 0.460 e. The van der Waals surface area contributed by atoms with Gasteiger partial charge in [-0.2, -0.15) is 30.7 Å². The van der Waals surface area contributed by atoms with Gasteiger partial charge in [0.2, 0.25) is 0 Å². The molecule has 10 heteroatoms. The Hall–Kier alpha value is -1.61. The van der Waals surface area contributed by atoms with Crippen molar-refractivity contribution in [3.63, 3.8) is 0 Å². The van der Waals surface area contributed by atoms with Crippen molar-refractivity contribution < 1.29 is 45.1 Å². The highest BCUT2D eigenvalue weighted by molar-refractivity contribution is 5.94.